The number of likely N-dealkylation sites (tertiary alicyclic amines) is 1. The van der Waals surface area contributed by atoms with Gasteiger partial charge < -0.3 is 15.7 Å². The van der Waals surface area contributed by atoms with Crippen LogP contribution in [0.25, 0.3) is 11.1 Å². The van der Waals surface area contributed by atoms with Gasteiger partial charge in [-0.1, -0.05) is 24.3 Å². The number of halogens is 3. The highest BCUT2D eigenvalue weighted by atomic mass is 35.5. The van der Waals surface area contributed by atoms with Gasteiger partial charge in [-0.05, 0) is 42.6 Å². The third-order valence-electron chi connectivity index (χ3n) is 5.18. The molecular formula is C21H31Cl3N4O2. The van der Waals surface area contributed by atoms with Gasteiger partial charge in [-0.25, -0.2) is 0 Å². The summed E-state index contributed by atoms with van der Waals surface area (Å²) in [5.74, 6) is -0.0745. The summed E-state index contributed by atoms with van der Waals surface area (Å²) in [5, 5.41) is 9.45. The number of hydrogen-bond donors (Lipinski definition) is 2. The zero-order valence-corrected chi connectivity index (χ0v) is 19.5. The van der Waals surface area contributed by atoms with Crippen LogP contribution >= 0.6 is 37.2 Å². The highest BCUT2D eigenvalue weighted by Crippen LogP contribution is 2.22. The molecule has 0 unspecified atom stereocenters. The van der Waals surface area contributed by atoms with Gasteiger partial charge in [0.05, 0.1) is 18.8 Å². The fourth-order valence-electron chi connectivity index (χ4n) is 3.57. The van der Waals surface area contributed by atoms with E-state index in [0.717, 1.165) is 48.3 Å². The molecule has 1 atom stereocenters. The summed E-state index contributed by atoms with van der Waals surface area (Å²) in [6, 6.07) is 12.5. The van der Waals surface area contributed by atoms with E-state index in [1.54, 1.807) is 11.9 Å². The monoisotopic (exact) mass is 476 g/mol. The SMILES string of the molecule is CN(Cc1cccc(-c2ccc(CN3CCC[C@H]3CO)nc2)c1)C(=O)CN.Cl.Cl.Cl. The second kappa shape index (κ2) is 13.8. The Bertz CT molecular complexity index is 777. The summed E-state index contributed by atoms with van der Waals surface area (Å²) < 4.78 is 0. The molecule has 0 bridgehead atoms. The van der Waals surface area contributed by atoms with Crippen LogP contribution in [0.1, 0.15) is 24.1 Å². The van der Waals surface area contributed by atoms with Crippen molar-refractivity contribution in [3.8, 4) is 11.1 Å². The van der Waals surface area contributed by atoms with Crippen molar-refractivity contribution in [1.82, 2.24) is 14.8 Å². The molecule has 3 rings (SSSR count). The lowest BCUT2D eigenvalue weighted by Gasteiger charge is -2.22. The third kappa shape index (κ3) is 7.38. The predicted octanol–water partition coefficient (Wildman–Crippen LogP) is 2.89. The van der Waals surface area contributed by atoms with E-state index in [4.69, 9.17) is 5.73 Å². The van der Waals surface area contributed by atoms with E-state index in [1.165, 1.54) is 0 Å². The molecule has 168 valence electrons. The molecule has 1 fully saturated rings. The molecule has 0 saturated carbocycles. The summed E-state index contributed by atoms with van der Waals surface area (Å²) >= 11 is 0. The van der Waals surface area contributed by atoms with Gasteiger partial charge in [0, 0.05) is 37.9 Å². The lowest BCUT2D eigenvalue weighted by molar-refractivity contribution is -0.128. The van der Waals surface area contributed by atoms with Gasteiger partial charge in [0.1, 0.15) is 0 Å². The first-order valence-corrected chi connectivity index (χ1v) is 9.44. The van der Waals surface area contributed by atoms with Gasteiger partial charge in [0.15, 0.2) is 0 Å². The Morgan fingerprint density at radius 1 is 1.23 bits per heavy atom. The number of pyridine rings is 1. The Labute approximate surface area is 197 Å². The number of likely N-dealkylation sites (N-methyl/N-ethyl adjacent to an activating group) is 1. The van der Waals surface area contributed by atoms with E-state index in [9.17, 15) is 9.90 Å². The normalized spacial score (nSPS) is 15.5. The van der Waals surface area contributed by atoms with Gasteiger partial charge in [-0.2, -0.15) is 0 Å². The Morgan fingerprint density at radius 3 is 2.63 bits per heavy atom. The summed E-state index contributed by atoms with van der Waals surface area (Å²) in [5.41, 5.74) is 9.62. The number of amides is 1. The van der Waals surface area contributed by atoms with Crippen molar-refractivity contribution < 1.29 is 9.90 Å². The second-order valence-electron chi connectivity index (χ2n) is 7.14. The van der Waals surface area contributed by atoms with Crippen LogP contribution in [0.4, 0.5) is 0 Å². The van der Waals surface area contributed by atoms with Crippen molar-refractivity contribution in [3.63, 3.8) is 0 Å². The molecule has 1 aromatic heterocycles. The topological polar surface area (TPSA) is 82.7 Å². The molecule has 30 heavy (non-hydrogen) atoms. The molecule has 6 nitrogen and oxygen atoms in total. The van der Waals surface area contributed by atoms with Crippen LogP contribution in [0.15, 0.2) is 42.6 Å². The zero-order chi connectivity index (χ0) is 19.2. The first-order valence-electron chi connectivity index (χ1n) is 9.44. The quantitative estimate of drug-likeness (QED) is 0.641. The Balaban J connectivity index is 0.00000280. The number of nitrogens with zero attached hydrogens (tertiary/aromatic N) is 3. The van der Waals surface area contributed by atoms with Crippen LogP contribution in [0.5, 0.6) is 0 Å². The molecule has 1 amide bonds. The molecule has 9 heteroatoms. The molecule has 1 aliphatic rings. The molecule has 0 radical (unpaired) electrons. The number of benzene rings is 1. The number of aromatic nitrogens is 1. The van der Waals surface area contributed by atoms with E-state index in [2.05, 4.69) is 28.1 Å². The van der Waals surface area contributed by atoms with Crippen molar-refractivity contribution in [2.24, 2.45) is 5.73 Å². The molecule has 0 aliphatic carbocycles. The molecule has 1 saturated heterocycles. The largest absolute Gasteiger partial charge is 0.395 e. The first-order chi connectivity index (χ1) is 13.1. The number of rotatable bonds is 7. The van der Waals surface area contributed by atoms with E-state index in [1.807, 2.05) is 24.4 Å². The van der Waals surface area contributed by atoms with Crippen molar-refractivity contribution >= 4 is 43.1 Å². The maximum absolute atomic E-state index is 11.7. The van der Waals surface area contributed by atoms with Gasteiger partial charge in [-0.3, -0.25) is 14.7 Å². The second-order valence-corrected chi connectivity index (χ2v) is 7.14. The van der Waals surface area contributed by atoms with E-state index in [0.29, 0.717) is 6.54 Å². The molecule has 1 aliphatic heterocycles. The summed E-state index contributed by atoms with van der Waals surface area (Å²) in [4.78, 5) is 20.2. The fraction of sp³-hybridized carbons (Fsp3) is 0.429. The van der Waals surface area contributed by atoms with Crippen LogP contribution in [0, 0.1) is 0 Å². The summed E-state index contributed by atoms with van der Waals surface area (Å²) in [6.45, 7) is 2.57. The lowest BCUT2D eigenvalue weighted by atomic mass is 10.0. The van der Waals surface area contributed by atoms with E-state index in [-0.39, 0.29) is 62.3 Å². The van der Waals surface area contributed by atoms with E-state index >= 15 is 0 Å². The third-order valence-corrected chi connectivity index (χ3v) is 5.18. The van der Waals surface area contributed by atoms with Crippen molar-refractivity contribution in [2.75, 3.05) is 26.7 Å². The first kappa shape index (κ1) is 28.6. The lowest BCUT2D eigenvalue weighted by Crippen LogP contribution is -2.32. The fourth-order valence-corrected chi connectivity index (χ4v) is 3.57. The minimum Gasteiger partial charge on any atom is -0.395 e. The summed E-state index contributed by atoms with van der Waals surface area (Å²) in [7, 11) is 1.76. The Hall–Kier alpha value is -1.41. The number of aliphatic hydroxyl groups is 1. The van der Waals surface area contributed by atoms with Gasteiger partial charge in [-0.15, -0.1) is 37.2 Å². The van der Waals surface area contributed by atoms with Gasteiger partial charge in [0.25, 0.3) is 0 Å². The smallest absolute Gasteiger partial charge is 0.236 e. The zero-order valence-electron chi connectivity index (χ0n) is 17.1. The number of nitrogens with two attached hydrogens (primary N) is 1. The maximum Gasteiger partial charge on any atom is 0.236 e. The standard InChI is InChI=1S/C21H28N4O2.3ClH/c1-24(21(27)11-22)13-16-4-2-5-17(10-16)18-7-8-19(23-12-18)14-25-9-3-6-20(25)15-26;;;/h2,4-5,7-8,10,12,20,26H,3,6,9,11,13-15,22H2,1H3;3*1H/t20-;;;/m0.../s1. The Kier molecular flexibility index (Phi) is 13.2. The minimum absolute atomic E-state index is 0. The average Bonchev–Trinajstić information content (AvgIpc) is 3.15. The number of aliphatic hydroxyl groups excluding tert-OH is 1. The van der Waals surface area contributed by atoms with Crippen molar-refractivity contribution in [2.45, 2.75) is 32.0 Å². The maximum atomic E-state index is 11.7. The van der Waals surface area contributed by atoms with Crippen molar-refractivity contribution in [3.05, 3.63) is 53.9 Å². The predicted molar refractivity (Wildman–Crippen MR) is 127 cm³/mol. The van der Waals surface area contributed by atoms with Gasteiger partial charge in [0.2, 0.25) is 5.91 Å². The van der Waals surface area contributed by atoms with E-state index < -0.39 is 0 Å². The van der Waals surface area contributed by atoms with Crippen LogP contribution < -0.4 is 5.73 Å². The van der Waals surface area contributed by atoms with Crippen LogP contribution in [0.3, 0.4) is 0 Å². The number of hydrogen-bond acceptors (Lipinski definition) is 5. The van der Waals surface area contributed by atoms with Crippen LogP contribution in [0.2, 0.25) is 0 Å². The molecule has 0 spiro atoms. The van der Waals surface area contributed by atoms with Crippen LogP contribution in [-0.2, 0) is 17.9 Å². The number of carbonyl (C=O) groups excluding carboxylic acids is 1. The highest BCUT2D eigenvalue weighted by Gasteiger charge is 2.23. The van der Waals surface area contributed by atoms with Crippen LogP contribution in [-0.4, -0.2) is 58.6 Å². The average molecular weight is 478 g/mol. The Morgan fingerprint density at radius 2 is 2.00 bits per heavy atom. The molecule has 2 aromatic rings. The number of carbonyl (C=O) groups is 1. The minimum atomic E-state index is -0.0745. The van der Waals surface area contributed by atoms with Gasteiger partial charge >= 0.3 is 0 Å². The molecule has 3 N–H and O–H groups in total. The highest BCUT2D eigenvalue weighted by molar-refractivity contribution is 5.86. The molecule has 2 heterocycles. The molecular weight excluding hydrogens is 447 g/mol. The summed E-state index contributed by atoms with van der Waals surface area (Å²) in [6.07, 6.45) is 4.09. The van der Waals surface area contributed by atoms with Crippen molar-refractivity contribution in [1.29, 1.82) is 0 Å². The molecule has 1 aromatic carbocycles.